The van der Waals surface area contributed by atoms with Crippen LogP contribution in [0.5, 0.6) is 5.75 Å². The lowest BCUT2D eigenvalue weighted by Crippen LogP contribution is -2.26. The first-order chi connectivity index (χ1) is 12.1. The molecular formula is C22H22ClNO. The summed E-state index contributed by atoms with van der Waals surface area (Å²) >= 11 is 6.06. The Kier molecular flexibility index (Phi) is 5.75. The van der Waals surface area contributed by atoms with Crippen molar-refractivity contribution in [3.63, 3.8) is 0 Å². The topological polar surface area (TPSA) is 23.5 Å². The third-order valence-corrected chi connectivity index (χ3v) is 4.74. The highest BCUT2D eigenvalue weighted by Gasteiger charge is 2.18. The van der Waals surface area contributed by atoms with Crippen LogP contribution in [-0.2, 0) is 13.0 Å². The van der Waals surface area contributed by atoms with Crippen LogP contribution in [0, 0.1) is 0 Å². The van der Waals surface area contributed by atoms with Gasteiger partial charge in [-0.2, -0.15) is 0 Å². The molecule has 1 N–H and O–H groups in total. The molecule has 1 unspecified atom stereocenters. The molecule has 0 aliphatic rings. The van der Waals surface area contributed by atoms with Gasteiger partial charge in [0, 0.05) is 12.6 Å². The molecule has 0 heterocycles. The summed E-state index contributed by atoms with van der Waals surface area (Å²) in [5.74, 6) is 0.122. The van der Waals surface area contributed by atoms with E-state index in [1.165, 1.54) is 11.1 Å². The minimum Gasteiger partial charge on any atom is -0.506 e. The Morgan fingerprint density at radius 1 is 0.880 bits per heavy atom. The zero-order valence-electron chi connectivity index (χ0n) is 14.3. The van der Waals surface area contributed by atoms with Crippen LogP contribution < -0.4 is 0 Å². The summed E-state index contributed by atoms with van der Waals surface area (Å²) in [5.41, 5.74) is 3.69. The van der Waals surface area contributed by atoms with Crippen LogP contribution in [0.15, 0.2) is 78.9 Å². The number of phenolic OH excluding ortho intramolecular Hbond substituents is 1. The molecule has 0 aliphatic heterocycles. The van der Waals surface area contributed by atoms with E-state index in [0.29, 0.717) is 5.02 Å². The van der Waals surface area contributed by atoms with Gasteiger partial charge in [0.05, 0.1) is 5.02 Å². The van der Waals surface area contributed by atoms with Gasteiger partial charge in [-0.25, -0.2) is 0 Å². The molecule has 128 valence electrons. The van der Waals surface area contributed by atoms with E-state index in [9.17, 15) is 5.11 Å². The summed E-state index contributed by atoms with van der Waals surface area (Å²) in [6, 6.07) is 26.8. The van der Waals surface area contributed by atoms with Crippen LogP contribution in [0.3, 0.4) is 0 Å². The fourth-order valence-electron chi connectivity index (χ4n) is 3.09. The molecule has 2 nitrogen and oxygen atoms in total. The van der Waals surface area contributed by atoms with E-state index < -0.39 is 0 Å². The number of hydrogen-bond acceptors (Lipinski definition) is 2. The average Bonchev–Trinajstić information content (AvgIpc) is 2.64. The van der Waals surface area contributed by atoms with Gasteiger partial charge in [0.15, 0.2) is 0 Å². The molecule has 3 rings (SSSR count). The molecule has 0 radical (unpaired) electrons. The van der Waals surface area contributed by atoms with E-state index in [1.807, 2.05) is 24.3 Å². The zero-order chi connectivity index (χ0) is 17.6. The van der Waals surface area contributed by atoms with E-state index in [0.717, 1.165) is 18.5 Å². The fourth-order valence-corrected chi connectivity index (χ4v) is 3.29. The molecule has 0 fully saturated rings. The molecular weight excluding hydrogens is 330 g/mol. The highest BCUT2D eigenvalue weighted by Crippen LogP contribution is 2.28. The van der Waals surface area contributed by atoms with Crippen LogP contribution in [0.25, 0.3) is 0 Å². The number of rotatable bonds is 6. The van der Waals surface area contributed by atoms with E-state index in [-0.39, 0.29) is 11.8 Å². The first-order valence-corrected chi connectivity index (χ1v) is 8.78. The van der Waals surface area contributed by atoms with Crippen molar-refractivity contribution < 1.29 is 5.11 Å². The van der Waals surface area contributed by atoms with Crippen molar-refractivity contribution in [3.8, 4) is 5.75 Å². The van der Waals surface area contributed by atoms with Crippen LogP contribution in [-0.4, -0.2) is 17.1 Å². The van der Waals surface area contributed by atoms with Gasteiger partial charge in [-0.1, -0.05) is 78.3 Å². The maximum atomic E-state index is 9.61. The molecule has 1 atom stereocenters. The molecule has 3 aromatic rings. The Bertz CT molecular complexity index is 805. The zero-order valence-corrected chi connectivity index (χ0v) is 15.0. The molecule has 25 heavy (non-hydrogen) atoms. The highest BCUT2D eigenvalue weighted by molar-refractivity contribution is 6.32. The molecule has 0 amide bonds. The smallest absolute Gasteiger partial charge is 0.134 e. The van der Waals surface area contributed by atoms with Crippen molar-refractivity contribution in [1.82, 2.24) is 4.90 Å². The first kappa shape index (κ1) is 17.5. The standard InChI is InChI=1S/C22H22ClNO/c1-24(16-18-12-13-22(25)20(23)14-18)21(19-10-6-3-7-11-19)15-17-8-4-2-5-9-17/h2-14,21,25H,15-16H2,1H3. The number of likely N-dealkylation sites (N-methyl/N-ethyl adjacent to an activating group) is 1. The number of aromatic hydroxyl groups is 1. The summed E-state index contributed by atoms with van der Waals surface area (Å²) in [4.78, 5) is 2.32. The van der Waals surface area contributed by atoms with E-state index in [4.69, 9.17) is 11.6 Å². The monoisotopic (exact) mass is 351 g/mol. The fraction of sp³-hybridized carbons (Fsp3) is 0.182. The minimum absolute atomic E-state index is 0.122. The molecule has 0 saturated carbocycles. The summed E-state index contributed by atoms with van der Waals surface area (Å²) in [7, 11) is 2.13. The van der Waals surface area contributed by atoms with Gasteiger partial charge in [0.1, 0.15) is 5.75 Å². The summed E-state index contributed by atoms with van der Waals surface area (Å²) in [6.45, 7) is 0.756. The first-order valence-electron chi connectivity index (χ1n) is 8.40. The quantitative estimate of drug-likeness (QED) is 0.637. The molecule has 3 aromatic carbocycles. The van der Waals surface area contributed by atoms with E-state index >= 15 is 0 Å². The maximum Gasteiger partial charge on any atom is 0.134 e. The van der Waals surface area contributed by atoms with E-state index in [1.54, 1.807) is 6.07 Å². The van der Waals surface area contributed by atoms with Crippen LogP contribution in [0.1, 0.15) is 22.7 Å². The lowest BCUT2D eigenvalue weighted by Gasteiger charge is -2.29. The minimum atomic E-state index is 0.122. The SMILES string of the molecule is CN(Cc1ccc(O)c(Cl)c1)C(Cc1ccccc1)c1ccccc1. The molecule has 3 heteroatoms. The lowest BCUT2D eigenvalue weighted by atomic mass is 9.97. The van der Waals surface area contributed by atoms with Gasteiger partial charge in [0.2, 0.25) is 0 Å². The number of phenols is 1. The van der Waals surface area contributed by atoms with Crippen molar-refractivity contribution in [2.24, 2.45) is 0 Å². The second-order valence-electron chi connectivity index (χ2n) is 6.32. The highest BCUT2D eigenvalue weighted by atomic mass is 35.5. The van der Waals surface area contributed by atoms with Crippen molar-refractivity contribution in [1.29, 1.82) is 0 Å². The predicted molar refractivity (Wildman–Crippen MR) is 104 cm³/mol. The second kappa shape index (κ2) is 8.19. The third-order valence-electron chi connectivity index (χ3n) is 4.43. The van der Waals surface area contributed by atoms with Crippen LogP contribution in [0.4, 0.5) is 0 Å². The van der Waals surface area contributed by atoms with Gasteiger partial charge in [-0.05, 0) is 42.3 Å². The Labute approximate surface area is 154 Å². The van der Waals surface area contributed by atoms with Gasteiger partial charge in [-0.15, -0.1) is 0 Å². The van der Waals surface area contributed by atoms with Gasteiger partial charge in [-0.3, -0.25) is 4.90 Å². The molecule has 0 spiro atoms. The van der Waals surface area contributed by atoms with Crippen molar-refractivity contribution >= 4 is 11.6 Å². The van der Waals surface area contributed by atoms with E-state index in [2.05, 4.69) is 60.5 Å². The van der Waals surface area contributed by atoms with Gasteiger partial charge < -0.3 is 5.11 Å². The number of nitrogens with zero attached hydrogens (tertiary/aromatic N) is 1. The average molecular weight is 352 g/mol. The number of hydrogen-bond donors (Lipinski definition) is 1. The lowest BCUT2D eigenvalue weighted by molar-refractivity contribution is 0.234. The second-order valence-corrected chi connectivity index (χ2v) is 6.72. The van der Waals surface area contributed by atoms with Crippen LogP contribution >= 0.6 is 11.6 Å². The molecule has 0 saturated heterocycles. The Hall–Kier alpha value is -2.29. The van der Waals surface area contributed by atoms with Crippen LogP contribution in [0.2, 0.25) is 5.02 Å². The Balaban J connectivity index is 1.83. The summed E-state index contributed by atoms with van der Waals surface area (Å²) in [5, 5.41) is 10.0. The molecule has 0 aliphatic carbocycles. The Morgan fingerprint density at radius 3 is 2.16 bits per heavy atom. The summed E-state index contributed by atoms with van der Waals surface area (Å²) < 4.78 is 0. The van der Waals surface area contributed by atoms with Gasteiger partial charge >= 0.3 is 0 Å². The Morgan fingerprint density at radius 2 is 1.52 bits per heavy atom. The van der Waals surface area contributed by atoms with Crippen molar-refractivity contribution in [3.05, 3.63) is 101 Å². The number of benzene rings is 3. The maximum absolute atomic E-state index is 9.61. The largest absolute Gasteiger partial charge is 0.506 e. The normalized spacial score (nSPS) is 12.3. The molecule has 0 bridgehead atoms. The molecule has 0 aromatic heterocycles. The number of halogens is 1. The summed E-state index contributed by atoms with van der Waals surface area (Å²) in [6.07, 6.45) is 0.938. The van der Waals surface area contributed by atoms with Gasteiger partial charge in [0.25, 0.3) is 0 Å². The third kappa shape index (κ3) is 4.62. The predicted octanol–water partition coefficient (Wildman–Crippen LogP) is 5.46. The van der Waals surface area contributed by atoms with Crippen molar-refractivity contribution in [2.75, 3.05) is 7.05 Å². The van der Waals surface area contributed by atoms with Crippen molar-refractivity contribution in [2.45, 2.75) is 19.0 Å².